The number of hydrazine groups is 1. The van der Waals surface area contributed by atoms with Gasteiger partial charge in [-0.25, -0.2) is 15.8 Å². The molecule has 1 aromatic carbocycles. The molecule has 2 aromatic rings. The van der Waals surface area contributed by atoms with E-state index in [1.54, 1.807) is 11.8 Å². The highest BCUT2D eigenvalue weighted by atomic mass is 32.2. The van der Waals surface area contributed by atoms with Gasteiger partial charge in [-0.15, -0.1) is 11.8 Å². The number of nitrogens with two attached hydrogens (primary N) is 1. The van der Waals surface area contributed by atoms with Crippen LogP contribution in [0.4, 0.5) is 5.82 Å². The summed E-state index contributed by atoms with van der Waals surface area (Å²) in [5.41, 5.74) is 5.15. The van der Waals surface area contributed by atoms with Crippen LogP contribution in [0.25, 0.3) is 0 Å². The summed E-state index contributed by atoms with van der Waals surface area (Å²) in [7, 11) is 0. The normalized spacial score (nSPS) is 14.3. The van der Waals surface area contributed by atoms with E-state index in [0.29, 0.717) is 0 Å². The molecule has 0 bridgehead atoms. The van der Waals surface area contributed by atoms with Gasteiger partial charge in [0.05, 0.1) is 5.75 Å². The Morgan fingerprint density at radius 3 is 2.67 bits per heavy atom. The van der Waals surface area contributed by atoms with Crippen LogP contribution in [0.5, 0.6) is 0 Å². The molecule has 3 N–H and O–H groups in total. The number of nitrogens with zero attached hydrogens (tertiary/aromatic N) is 2. The van der Waals surface area contributed by atoms with E-state index in [0.717, 1.165) is 30.2 Å². The SMILES string of the molecule is NNc1nc(CSc2ccccc2)nc2c1CCCCC2. The topological polar surface area (TPSA) is 63.8 Å². The van der Waals surface area contributed by atoms with Crippen LogP contribution in [0.15, 0.2) is 35.2 Å². The van der Waals surface area contributed by atoms with Crippen molar-refractivity contribution in [1.29, 1.82) is 0 Å². The average molecular weight is 300 g/mol. The van der Waals surface area contributed by atoms with Crippen LogP contribution in [-0.4, -0.2) is 9.97 Å². The van der Waals surface area contributed by atoms with Crippen molar-refractivity contribution < 1.29 is 0 Å². The summed E-state index contributed by atoms with van der Waals surface area (Å²) in [6, 6.07) is 10.3. The summed E-state index contributed by atoms with van der Waals surface area (Å²) in [5.74, 6) is 8.09. The first-order valence-electron chi connectivity index (χ1n) is 7.40. The minimum absolute atomic E-state index is 0.770. The molecule has 1 aliphatic rings. The molecule has 1 heterocycles. The smallest absolute Gasteiger partial charge is 0.147 e. The maximum absolute atomic E-state index is 5.65. The molecule has 5 heteroatoms. The van der Waals surface area contributed by atoms with Crippen molar-refractivity contribution in [1.82, 2.24) is 9.97 Å². The lowest BCUT2D eigenvalue weighted by Gasteiger charge is -2.12. The fraction of sp³-hybridized carbons (Fsp3) is 0.375. The van der Waals surface area contributed by atoms with Crippen LogP contribution < -0.4 is 11.3 Å². The Kier molecular flexibility index (Phi) is 4.72. The monoisotopic (exact) mass is 300 g/mol. The van der Waals surface area contributed by atoms with Crippen molar-refractivity contribution in [2.75, 3.05) is 5.43 Å². The zero-order valence-corrected chi connectivity index (χ0v) is 12.8. The summed E-state index contributed by atoms with van der Waals surface area (Å²) in [5, 5.41) is 0. The third kappa shape index (κ3) is 3.54. The van der Waals surface area contributed by atoms with Crippen LogP contribution in [0.3, 0.4) is 0 Å². The minimum atomic E-state index is 0.770. The number of aryl methyl sites for hydroxylation is 1. The van der Waals surface area contributed by atoms with Crippen molar-refractivity contribution in [2.24, 2.45) is 5.84 Å². The highest BCUT2D eigenvalue weighted by Gasteiger charge is 2.16. The van der Waals surface area contributed by atoms with Gasteiger partial charge in [0.15, 0.2) is 0 Å². The third-order valence-corrected chi connectivity index (χ3v) is 4.74. The Labute approximate surface area is 129 Å². The zero-order chi connectivity index (χ0) is 14.5. The molecule has 0 unspecified atom stereocenters. The number of hydrogen-bond acceptors (Lipinski definition) is 5. The molecule has 1 aromatic heterocycles. The van der Waals surface area contributed by atoms with Crippen LogP contribution in [-0.2, 0) is 18.6 Å². The van der Waals surface area contributed by atoms with Gasteiger partial charge in [-0.05, 0) is 37.8 Å². The van der Waals surface area contributed by atoms with Crippen molar-refractivity contribution in [3.63, 3.8) is 0 Å². The third-order valence-electron chi connectivity index (χ3n) is 3.73. The van der Waals surface area contributed by atoms with E-state index >= 15 is 0 Å². The molecule has 110 valence electrons. The summed E-state index contributed by atoms with van der Waals surface area (Å²) in [6.45, 7) is 0. The lowest BCUT2D eigenvalue weighted by Crippen LogP contribution is -2.15. The second-order valence-corrected chi connectivity index (χ2v) is 6.27. The Hall–Kier alpha value is -1.59. The standard InChI is InChI=1S/C16H20N4S/c17-20-16-13-9-5-2-6-10-14(13)18-15(19-16)11-21-12-7-3-1-4-8-12/h1,3-4,7-8H,2,5-6,9-11,17H2,(H,18,19,20). The van der Waals surface area contributed by atoms with E-state index in [-0.39, 0.29) is 0 Å². The number of anilines is 1. The van der Waals surface area contributed by atoms with Gasteiger partial charge in [-0.1, -0.05) is 24.6 Å². The van der Waals surface area contributed by atoms with Crippen LogP contribution in [0.2, 0.25) is 0 Å². The van der Waals surface area contributed by atoms with E-state index in [1.807, 2.05) is 18.2 Å². The molecule has 0 spiro atoms. The number of nitrogens with one attached hydrogen (secondary N) is 1. The fourth-order valence-electron chi connectivity index (χ4n) is 2.67. The fourth-order valence-corrected chi connectivity index (χ4v) is 3.44. The molecule has 0 saturated heterocycles. The molecule has 0 saturated carbocycles. The van der Waals surface area contributed by atoms with Crippen molar-refractivity contribution in [3.8, 4) is 0 Å². The van der Waals surface area contributed by atoms with Gasteiger partial charge in [0.2, 0.25) is 0 Å². The van der Waals surface area contributed by atoms with E-state index in [1.165, 1.54) is 35.4 Å². The number of fused-ring (bicyclic) bond motifs is 1. The van der Waals surface area contributed by atoms with Crippen molar-refractivity contribution >= 4 is 17.6 Å². The summed E-state index contributed by atoms with van der Waals surface area (Å²) < 4.78 is 0. The van der Waals surface area contributed by atoms with Gasteiger partial charge >= 0.3 is 0 Å². The lowest BCUT2D eigenvalue weighted by molar-refractivity contribution is 0.708. The van der Waals surface area contributed by atoms with Gasteiger partial charge < -0.3 is 5.43 Å². The van der Waals surface area contributed by atoms with Crippen molar-refractivity contribution in [2.45, 2.75) is 42.8 Å². The molecule has 0 amide bonds. The predicted molar refractivity (Wildman–Crippen MR) is 87.1 cm³/mol. The van der Waals surface area contributed by atoms with Crippen LogP contribution >= 0.6 is 11.8 Å². The zero-order valence-electron chi connectivity index (χ0n) is 12.0. The molecule has 21 heavy (non-hydrogen) atoms. The second-order valence-electron chi connectivity index (χ2n) is 5.22. The van der Waals surface area contributed by atoms with Gasteiger partial charge in [-0.2, -0.15) is 0 Å². The number of hydrogen-bond donors (Lipinski definition) is 2. The summed E-state index contributed by atoms with van der Waals surface area (Å²) in [4.78, 5) is 10.6. The molecule has 0 atom stereocenters. The average Bonchev–Trinajstić information content (AvgIpc) is 2.78. The highest BCUT2D eigenvalue weighted by molar-refractivity contribution is 7.98. The molecular formula is C16H20N4S. The molecule has 4 nitrogen and oxygen atoms in total. The van der Waals surface area contributed by atoms with Crippen molar-refractivity contribution in [3.05, 3.63) is 47.4 Å². The lowest BCUT2D eigenvalue weighted by atomic mass is 10.1. The first-order valence-corrected chi connectivity index (χ1v) is 8.38. The Balaban J connectivity index is 1.81. The Morgan fingerprint density at radius 1 is 1.05 bits per heavy atom. The van der Waals surface area contributed by atoms with Crippen LogP contribution in [0.1, 0.15) is 36.3 Å². The van der Waals surface area contributed by atoms with Crippen LogP contribution in [0, 0.1) is 0 Å². The van der Waals surface area contributed by atoms with E-state index in [2.05, 4.69) is 22.5 Å². The molecule has 1 aliphatic carbocycles. The number of nitrogen functional groups attached to an aromatic ring is 1. The molecule has 0 radical (unpaired) electrons. The maximum Gasteiger partial charge on any atom is 0.147 e. The largest absolute Gasteiger partial charge is 0.308 e. The Morgan fingerprint density at radius 2 is 1.86 bits per heavy atom. The number of rotatable bonds is 4. The summed E-state index contributed by atoms with van der Waals surface area (Å²) in [6.07, 6.45) is 5.73. The number of thioether (sulfide) groups is 1. The van der Waals surface area contributed by atoms with E-state index in [4.69, 9.17) is 10.8 Å². The van der Waals surface area contributed by atoms with E-state index in [9.17, 15) is 0 Å². The maximum atomic E-state index is 5.65. The molecular weight excluding hydrogens is 280 g/mol. The Bertz CT molecular complexity index is 601. The molecule has 0 aliphatic heterocycles. The first kappa shape index (κ1) is 14.4. The van der Waals surface area contributed by atoms with Gasteiger partial charge in [0.1, 0.15) is 11.6 Å². The quantitative estimate of drug-likeness (QED) is 0.392. The highest BCUT2D eigenvalue weighted by Crippen LogP contribution is 2.27. The molecule has 3 rings (SSSR count). The van der Waals surface area contributed by atoms with E-state index < -0.39 is 0 Å². The van der Waals surface area contributed by atoms with Gasteiger partial charge in [0, 0.05) is 16.2 Å². The number of benzene rings is 1. The molecule has 0 fully saturated rings. The minimum Gasteiger partial charge on any atom is -0.308 e. The first-order chi connectivity index (χ1) is 10.4. The second kappa shape index (κ2) is 6.91. The van der Waals surface area contributed by atoms with Gasteiger partial charge in [0.25, 0.3) is 0 Å². The summed E-state index contributed by atoms with van der Waals surface area (Å²) >= 11 is 1.75. The number of aromatic nitrogens is 2. The van der Waals surface area contributed by atoms with Gasteiger partial charge in [-0.3, -0.25) is 0 Å². The predicted octanol–water partition coefficient (Wildman–Crippen LogP) is 3.32.